The molecule has 104 valence electrons. The molecule has 0 aliphatic rings. The Kier molecular flexibility index (Phi) is 3.88. The molecule has 5 heteroatoms. The zero-order valence-electron chi connectivity index (χ0n) is 10.7. The number of hydrogen-bond donors (Lipinski definition) is 0. The fraction of sp³-hybridized carbons (Fsp3) is 0.200. The van der Waals surface area contributed by atoms with Crippen LogP contribution in [-0.2, 0) is 12.6 Å². The van der Waals surface area contributed by atoms with Crippen LogP contribution in [0.25, 0.3) is 0 Å². The predicted octanol–water partition coefficient (Wildman–Crippen LogP) is 3.83. The number of aryl methyl sites for hydroxylation is 1. The van der Waals surface area contributed by atoms with Crippen LogP contribution in [0.3, 0.4) is 0 Å². The van der Waals surface area contributed by atoms with Gasteiger partial charge in [-0.2, -0.15) is 13.2 Å². The number of ketones is 1. The lowest BCUT2D eigenvalue weighted by molar-refractivity contribution is -0.137. The lowest BCUT2D eigenvalue weighted by Gasteiger charge is -2.08. The Labute approximate surface area is 114 Å². The summed E-state index contributed by atoms with van der Waals surface area (Å²) in [4.78, 5) is 16.0. The van der Waals surface area contributed by atoms with E-state index >= 15 is 0 Å². The van der Waals surface area contributed by atoms with Crippen molar-refractivity contribution >= 4 is 5.78 Å². The number of carbonyl (C=O) groups excluding carboxylic acids is 1. The van der Waals surface area contributed by atoms with E-state index in [4.69, 9.17) is 0 Å². The molecule has 0 bridgehead atoms. The van der Waals surface area contributed by atoms with Gasteiger partial charge in [0.05, 0.1) is 5.56 Å². The number of benzene rings is 1. The van der Waals surface area contributed by atoms with Gasteiger partial charge in [0.2, 0.25) is 0 Å². The van der Waals surface area contributed by atoms with E-state index in [1.54, 1.807) is 19.1 Å². The van der Waals surface area contributed by atoms with Crippen LogP contribution < -0.4 is 0 Å². The predicted molar refractivity (Wildman–Crippen MR) is 68.5 cm³/mol. The molecule has 0 radical (unpaired) electrons. The van der Waals surface area contributed by atoms with Gasteiger partial charge in [0.15, 0.2) is 5.78 Å². The first kappa shape index (κ1) is 14.2. The summed E-state index contributed by atoms with van der Waals surface area (Å²) < 4.78 is 37.8. The molecule has 0 amide bonds. The molecule has 0 atom stereocenters. The number of alkyl halides is 3. The molecule has 0 N–H and O–H groups in total. The highest BCUT2D eigenvalue weighted by Crippen LogP contribution is 2.29. The minimum Gasteiger partial charge on any atom is -0.294 e. The first-order valence-corrected chi connectivity index (χ1v) is 5.98. The average molecular weight is 279 g/mol. The van der Waals surface area contributed by atoms with Gasteiger partial charge in [-0.15, -0.1) is 0 Å². The molecular formula is C15H12F3NO. The second-order valence-electron chi connectivity index (χ2n) is 4.48. The van der Waals surface area contributed by atoms with Crippen LogP contribution in [0.4, 0.5) is 13.2 Å². The Morgan fingerprint density at radius 1 is 1.20 bits per heavy atom. The number of rotatable bonds is 3. The minimum absolute atomic E-state index is 0.0621. The average Bonchev–Trinajstić information content (AvgIpc) is 2.38. The number of pyridine rings is 1. The van der Waals surface area contributed by atoms with Crippen molar-refractivity contribution in [2.75, 3.05) is 0 Å². The molecule has 0 spiro atoms. The van der Waals surface area contributed by atoms with Crippen LogP contribution >= 0.6 is 0 Å². The van der Waals surface area contributed by atoms with Gasteiger partial charge in [0.1, 0.15) is 0 Å². The zero-order valence-corrected chi connectivity index (χ0v) is 10.7. The Morgan fingerprint density at radius 2 is 1.95 bits per heavy atom. The molecular weight excluding hydrogens is 267 g/mol. The summed E-state index contributed by atoms with van der Waals surface area (Å²) >= 11 is 0. The second kappa shape index (κ2) is 5.45. The maximum atomic E-state index is 12.6. The van der Waals surface area contributed by atoms with E-state index in [9.17, 15) is 18.0 Å². The first-order valence-electron chi connectivity index (χ1n) is 5.98. The van der Waals surface area contributed by atoms with Crippen LogP contribution in [0.1, 0.15) is 27.2 Å². The highest BCUT2D eigenvalue weighted by atomic mass is 19.4. The number of carbonyl (C=O) groups is 1. The molecule has 2 nitrogen and oxygen atoms in total. The first-order chi connectivity index (χ1) is 9.36. The molecule has 20 heavy (non-hydrogen) atoms. The Bertz CT molecular complexity index is 635. The van der Waals surface area contributed by atoms with Gasteiger partial charge in [0.25, 0.3) is 0 Å². The van der Waals surface area contributed by atoms with Crippen molar-refractivity contribution in [1.82, 2.24) is 4.98 Å². The van der Waals surface area contributed by atoms with Gasteiger partial charge < -0.3 is 0 Å². The van der Waals surface area contributed by atoms with Gasteiger partial charge >= 0.3 is 6.18 Å². The summed E-state index contributed by atoms with van der Waals surface area (Å²) in [6, 6.07) is 8.00. The molecule has 1 aromatic heterocycles. The minimum atomic E-state index is -4.40. The van der Waals surface area contributed by atoms with E-state index in [2.05, 4.69) is 4.98 Å². The maximum Gasteiger partial charge on any atom is 0.416 e. The van der Waals surface area contributed by atoms with Crippen molar-refractivity contribution in [3.05, 3.63) is 65.0 Å². The normalized spacial score (nSPS) is 11.4. The summed E-state index contributed by atoms with van der Waals surface area (Å²) in [5.74, 6) is -0.227. The van der Waals surface area contributed by atoms with Crippen molar-refractivity contribution < 1.29 is 18.0 Å². The summed E-state index contributed by atoms with van der Waals surface area (Å²) in [7, 11) is 0. The summed E-state index contributed by atoms with van der Waals surface area (Å²) in [6.07, 6.45) is -2.95. The molecule has 1 aromatic carbocycles. The third-order valence-corrected chi connectivity index (χ3v) is 2.84. The van der Waals surface area contributed by atoms with Gasteiger partial charge in [-0.25, -0.2) is 0 Å². The van der Waals surface area contributed by atoms with Gasteiger partial charge in [-0.3, -0.25) is 9.78 Å². The van der Waals surface area contributed by atoms with E-state index in [1.807, 2.05) is 0 Å². The van der Waals surface area contributed by atoms with E-state index in [0.29, 0.717) is 16.8 Å². The van der Waals surface area contributed by atoms with Crippen molar-refractivity contribution in [3.63, 3.8) is 0 Å². The van der Waals surface area contributed by atoms with Crippen molar-refractivity contribution in [2.24, 2.45) is 0 Å². The fourth-order valence-electron chi connectivity index (χ4n) is 1.86. The molecule has 1 heterocycles. The highest BCUT2D eigenvalue weighted by Gasteiger charge is 2.30. The molecule has 0 saturated heterocycles. The van der Waals surface area contributed by atoms with Crippen LogP contribution in [0, 0.1) is 6.92 Å². The smallest absolute Gasteiger partial charge is 0.294 e. The van der Waals surface area contributed by atoms with Gasteiger partial charge in [-0.05, 0) is 30.7 Å². The second-order valence-corrected chi connectivity index (χ2v) is 4.48. The molecule has 2 aromatic rings. The van der Waals surface area contributed by atoms with Crippen LogP contribution in [0.5, 0.6) is 0 Å². The van der Waals surface area contributed by atoms with E-state index < -0.39 is 11.7 Å². The Hall–Kier alpha value is -2.17. The molecule has 0 aliphatic carbocycles. The fourth-order valence-corrected chi connectivity index (χ4v) is 1.86. The number of Topliss-reactive ketones (excluding diaryl/α,β-unsaturated/α-hetero) is 1. The quantitative estimate of drug-likeness (QED) is 0.799. The van der Waals surface area contributed by atoms with Gasteiger partial charge in [0, 0.05) is 23.9 Å². The van der Waals surface area contributed by atoms with Gasteiger partial charge in [-0.1, -0.05) is 18.2 Å². The van der Waals surface area contributed by atoms with Crippen LogP contribution in [0.15, 0.2) is 42.6 Å². The monoisotopic (exact) mass is 279 g/mol. The standard InChI is InChI=1S/C15H12F3NO/c1-10-7-12(5-6-19-10)14(20)9-11-3-2-4-13(8-11)15(16,17)18/h2-8H,9H2,1H3. The Balaban J connectivity index is 2.20. The lowest BCUT2D eigenvalue weighted by atomic mass is 10.0. The van der Waals surface area contributed by atoms with E-state index in [1.165, 1.54) is 18.3 Å². The third kappa shape index (κ3) is 3.44. The lowest BCUT2D eigenvalue weighted by Crippen LogP contribution is -2.08. The zero-order chi connectivity index (χ0) is 14.8. The molecule has 2 rings (SSSR count). The molecule has 0 fully saturated rings. The van der Waals surface area contributed by atoms with E-state index in [0.717, 1.165) is 12.1 Å². The summed E-state index contributed by atoms with van der Waals surface area (Å²) in [6.45, 7) is 1.75. The molecule has 0 saturated carbocycles. The van der Waals surface area contributed by atoms with Crippen LogP contribution in [-0.4, -0.2) is 10.8 Å². The number of hydrogen-bond acceptors (Lipinski definition) is 2. The number of halogens is 3. The van der Waals surface area contributed by atoms with E-state index in [-0.39, 0.29) is 12.2 Å². The summed E-state index contributed by atoms with van der Waals surface area (Å²) in [5.41, 5.74) is 0.753. The SMILES string of the molecule is Cc1cc(C(=O)Cc2cccc(C(F)(F)F)c2)ccn1. The van der Waals surface area contributed by atoms with Crippen molar-refractivity contribution in [2.45, 2.75) is 19.5 Å². The topological polar surface area (TPSA) is 30.0 Å². The van der Waals surface area contributed by atoms with Crippen molar-refractivity contribution in [1.29, 1.82) is 0 Å². The molecule has 0 unspecified atom stereocenters. The Morgan fingerprint density at radius 3 is 2.60 bits per heavy atom. The number of aromatic nitrogens is 1. The third-order valence-electron chi connectivity index (χ3n) is 2.84. The number of nitrogens with zero attached hydrogens (tertiary/aromatic N) is 1. The van der Waals surface area contributed by atoms with Crippen molar-refractivity contribution in [3.8, 4) is 0 Å². The van der Waals surface area contributed by atoms with Crippen LogP contribution in [0.2, 0.25) is 0 Å². The largest absolute Gasteiger partial charge is 0.416 e. The highest BCUT2D eigenvalue weighted by molar-refractivity contribution is 5.97. The summed E-state index contributed by atoms with van der Waals surface area (Å²) in [5, 5.41) is 0. The maximum absolute atomic E-state index is 12.6. The molecule has 0 aliphatic heterocycles.